The molecule has 0 saturated carbocycles. The van der Waals surface area contributed by atoms with E-state index in [0.29, 0.717) is 34.3 Å². The van der Waals surface area contributed by atoms with Gasteiger partial charge in [0.25, 0.3) is 6.23 Å². The van der Waals surface area contributed by atoms with E-state index in [0.717, 1.165) is 21.3 Å². The Morgan fingerprint density at radius 2 is 1.82 bits per heavy atom. The summed E-state index contributed by atoms with van der Waals surface area (Å²) in [7, 11) is 3.20. The number of ketones is 1. The molecule has 2 aliphatic heterocycles. The van der Waals surface area contributed by atoms with Crippen LogP contribution in [0.2, 0.25) is 5.02 Å². The second kappa shape index (κ2) is 8.72. The van der Waals surface area contributed by atoms with Gasteiger partial charge in [-0.25, -0.2) is 5.01 Å². The molecule has 0 spiro atoms. The van der Waals surface area contributed by atoms with Gasteiger partial charge in [0.05, 0.1) is 26.0 Å². The molecular weight excluding hydrogens is 508 g/mol. The van der Waals surface area contributed by atoms with E-state index in [1.807, 2.05) is 36.4 Å². The topological polar surface area (TPSA) is 60.4 Å². The van der Waals surface area contributed by atoms with Crippen LogP contribution in [-0.4, -0.2) is 37.0 Å². The first kappa shape index (κ1) is 21.8. The summed E-state index contributed by atoms with van der Waals surface area (Å²) in [4.78, 5) is 13.4. The maximum atomic E-state index is 13.4. The average Bonchev–Trinajstić information content (AvgIpc) is 3.29. The van der Waals surface area contributed by atoms with Crippen molar-refractivity contribution < 1.29 is 19.0 Å². The van der Waals surface area contributed by atoms with Gasteiger partial charge in [-0.2, -0.15) is 5.10 Å². The first-order valence-corrected chi connectivity index (χ1v) is 11.5. The summed E-state index contributed by atoms with van der Waals surface area (Å²) in [5.41, 5.74) is 3.23. The number of hydrazone groups is 1. The summed E-state index contributed by atoms with van der Waals surface area (Å²) in [6.07, 6.45) is -0.269. The molecule has 0 saturated heterocycles. The van der Waals surface area contributed by atoms with Crippen LogP contribution in [0.4, 0.5) is 0 Å². The van der Waals surface area contributed by atoms with Gasteiger partial charge in [-0.15, -0.1) is 0 Å². The number of methoxy groups -OCH3 is 2. The molecule has 0 aromatic heterocycles. The Morgan fingerprint density at radius 1 is 1.06 bits per heavy atom. The molecule has 0 amide bonds. The number of ether oxygens (including phenoxy) is 3. The van der Waals surface area contributed by atoms with Crippen LogP contribution in [0, 0.1) is 0 Å². The van der Waals surface area contributed by atoms with Crippen LogP contribution in [0.1, 0.15) is 33.9 Å². The van der Waals surface area contributed by atoms with Gasteiger partial charge in [-0.05, 0) is 60.7 Å². The van der Waals surface area contributed by atoms with Crippen molar-refractivity contribution in [1.82, 2.24) is 5.01 Å². The lowest BCUT2D eigenvalue weighted by Crippen LogP contribution is -2.45. The second-order valence-electron chi connectivity index (χ2n) is 7.74. The van der Waals surface area contributed by atoms with E-state index in [9.17, 15) is 4.79 Å². The quantitative estimate of drug-likeness (QED) is 0.388. The minimum Gasteiger partial charge on any atom is -0.493 e. The Hall–Kier alpha value is -3.03. The molecule has 0 bridgehead atoms. The number of benzene rings is 3. The predicted molar refractivity (Wildman–Crippen MR) is 130 cm³/mol. The number of fused-ring (bicyclic) bond motifs is 3. The molecule has 3 aromatic rings. The summed E-state index contributed by atoms with van der Waals surface area (Å²) in [5.74, 6) is 1.76. The van der Waals surface area contributed by atoms with Crippen LogP contribution in [0.25, 0.3) is 0 Å². The highest BCUT2D eigenvalue weighted by Crippen LogP contribution is 2.45. The Bertz CT molecular complexity index is 1260. The van der Waals surface area contributed by atoms with Crippen molar-refractivity contribution in [2.45, 2.75) is 18.7 Å². The van der Waals surface area contributed by atoms with Gasteiger partial charge in [0, 0.05) is 32.6 Å². The molecule has 5 rings (SSSR count). The van der Waals surface area contributed by atoms with Gasteiger partial charge in [0.15, 0.2) is 11.5 Å². The standard InChI is InChI=1S/C25H20BrClN2O4/c1-31-22-9-5-15(11-23(22)32-2)19-13-20-18-12-16(26)6-10-21(18)33-25(29(20)28-19)24(30)14-3-7-17(27)8-4-14/h3-12,20,25H,13H2,1-2H3/t20-,25-/m1/s1. The van der Waals surface area contributed by atoms with E-state index < -0.39 is 6.23 Å². The lowest BCUT2D eigenvalue weighted by Gasteiger charge is -2.37. The molecule has 0 fully saturated rings. The van der Waals surface area contributed by atoms with E-state index in [-0.39, 0.29) is 11.8 Å². The minimum absolute atomic E-state index is 0.143. The Labute approximate surface area is 204 Å². The van der Waals surface area contributed by atoms with Crippen LogP contribution < -0.4 is 14.2 Å². The van der Waals surface area contributed by atoms with Crippen molar-refractivity contribution in [2.24, 2.45) is 5.10 Å². The number of hydrogen-bond acceptors (Lipinski definition) is 6. The number of rotatable bonds is 5. The molecule has 0 aliphatic carbocycles. The molecule has 2 aliphatic rings. The number of nitrogens with zero attached hydrogens (tertiary/aromatic N) is 2. The molecular formula is C25H20BrClN2O4. The summed E-state index contributed by atoms with van der Waals surface area (Å²) in [6.45, 7) is 0. The molecule has 0 unspecified atom stereocenters. The largest absolute Gasteiger partial charge is 0.493 e. The van der Waals surface area contributed by atoms with Gasteiger partial charge in [0.2, 0.25) is 5.78 Å². The monoisotopic (exact) mass is 526 g/mol. The smallest absolute Gasteiger partial charge is 0.251 e. The first-order chi connectivity index (χ1) is 16.0. The maximum Gasteiger partial charge on any atom is 0.251 e. The van der Waals surface area contributed by atoms with E-state index in [2.05, 4.69) is 15.9 Å². The van der Waals surface area contributed by atoms with Crippen LogP contribution in [0.5, 0.6) is 17.2 Å². The third-order valence-corrected chi connectivity index (χ3v) is 6.57. The van der Waals surface area contributed by atoms with E-state index in [4.69, 9.17) is 30.9 Å². The zero-order chi connectivity index (χ0) is 23.1. The second-order valence-corrected chi connectivity index (χ2v) is 9.09. The lowest BCUT2D eigenvalue weighted by atomic mass is 9.95. The first-order valence-electron chi connectivity index (χ1n) is 10.3. The molecule has 0 radical (unpaired) electrons. The van der Waals surface area contributed by atoms with Gasteiger partial charge < -0.3 is 14.2 Å². The van der Waals surface area contributed by atoms with Crippen molar-refractivity contribution in [3.05, 3.63) is 86.8 Å². The van der Waals surface area contributed by atoms with Gasteiger partial charge >= 0.3 is 0 Å². The molecule has 2 heterocycles. The molecule has 2 atom stereocenters. The SMILES string of the molecule is COc1ccc(C2=NN3[C@@H](C(=O)c4ccc(Cl)cc4)Oc4ccc(Br)cc4[C@H]3C2)cc1OC. The summed E-state index contributed by atoms with van der Waals surface area (Å²) >= 11 is 9.56. The normalized spacial score (nSPS) is 18.7. The van der Waals surface area contributed by atoms with Crippen molar-refractivity contribution in [3.8, 4) is 17.2 Å². The van der Waals surface area contributed by atoms with Gasteiger partial charge in [0.1, 0.15) is 5.75 Å². The van der Waals surface area contributed by atoms with Gasteiger partial charge in [-0.1, -0.05) is 27.5 Å². The van der Waals surface area contributed by atoms with Crippen LogP contribution in [-0.2, 0) is 0 Å². The molecule has 8 heteroatoms. The maximum absolute atomic E-state index is 13.4. The van der Waals surface area contributed by atoms with Crippen molar-refractivity contribution in [3.63, 3.8) is 0 Å². The predicted octanol–water partition coefficient (Wildman–Crippen LogP) is 5.87. The molecule has 3 aromatic carbocycles. The fraction of sp³-hybridized carbons (Fsp3) is 0.200. The Kier molecular flexibility index (Phi) is 5.76. The van der Waals surface area contributed by atoms with Crippen LogP contribution in [0.15, 0.2) is 70.2 Å². The summed E-state index contributed by atoms with van der Waals surface area (Å²) in [5, 5.41) is 7.18. The van der Waals surface area contributed by atoms with E-state index in [1.165, 1.54) is 0 Å². The van der Waals surface area contributed by atoms with Crippen LogP contribution in [0.3, 0.4) is 0 Å². The molecule has 33 heavy (non-hydrogen) atoms. The van der Waals surface area contributed by atoms with Crippen LogP contribution >= 0.6 is 27.5 Å². The number of hydrogen-bond donors (Lipinski definition) is 0. The Morgan fingerprint density at radius 3 is 2.55 bits per heavy atom. The van der Waals surface area contributed by atoms with Crippen molar-refractivity contribution in [1.29, 1.82) is 0 Å². The highest BCUT2D eigenvalue weighted by atomic mass is 79.9. The van der Waals surface area contributed by atoms with E-state index >= 15 is 0 Å². The third kappa shape index (κ3) is 3.96. The highest BCUT2D eigenvalue weighted by Gasteiger charge is 2.43. The molecule has 6 nitrogen and oxygen atoms in total. The summed E-state index contributed by atoms with van der Waals surface area (Å²) in [6, 6.07) is 18.2. The van der Waals surface area contributed by atoms with Crippen molar-refractivity contribution >= 4 is 39.0 Å². The zero-order valence-electron chi connectivity index (χ0n) is 17.9. The third-order valence-electron chi connectivity index (χ3n) is 5.82. The highest BCUT2D eigenvalue weighted by molar-refractivity contribution is 9.10. The fourth-order valence-corrected chi connectivity index (χ4v) is 4.68. The van der Waals surface area contributed by atoms with Gasteiger partial charge in [-0.3, -0.25) is 4.79 Å². The molecule has 168 valence electrons. The molecule has 0 N–H and O–H groups in total. The minimum atomic E-state index is -0.887. The number of halogens is 2. The van der Waals surface area contributed by atoms with E-state index in [1.54, 1.807) is 43.5 Å². The summed E-state index contributed by atoms with van der Waals surface area (Å²) < 4.78 is 17.9. The number of carbonyl (C=O) groups is 1. The van der Waals surface area contributed by atoms with Crippen molar-refractivity contribution in [2.75, 3.05) is 14.2 Å². The zero-order valence-corrected chi connectivity index (χ0v) is 20.3. The fourth-order valence-electron chi connectivity index (χ4n) is 4.18. The number of carbonyl (C=O) groups excluding carboxylic acids is 1. The number of Topliss-reactive ketones (excluding diaryl/α,β-unsaturated/α-hetero) is 1. The lowest BCUT2D eigenvalue weighted by molar-refractivity contribution is -0.00459. The Balaban J connectivity index is 1.56. The average molecular weight is 528 g/mol.